The van der Waals surface area contributed by atoms with E-state index in [1.54, 1.807) is 23.9 Å². The van der Waals surface area contributed by atoms with Crippen LogP contribution < -0.4 is 16.0 Å². The molecule has 3 atom stereocenters. The second-order valence-electron chi connectivity index (χ2n) is 7.61. The molecule has 6 nitrogen and oxygen atoms in total. The van der Waals surface area contributed by atoms with Crippen molar-refractivity contribution in [3.8, 4) is 11.1 Å². The van der Waals surface area contributed by atoms with Crippen molar-refractivity contribution < 1.29 is 14.7 Å². The molecule has 3 rings (SSSR count). The van der Waals surface area contributed by atoms with E-state index < -0.39 is 12.0 Å². The Morgan fingerprint density at radius 1 is 1.23 bits per heavy atom. The van der Waals surface area contributed by atoms with Crippen molar-refractivity contribution in [1.82, 2.24) is 10.6 Å². The van der Waals surface area contributed by atoms with Gasteiger partial charge in [-0.2, -0.15) is 24.4 Å². The number of benzene rings is 2. The molecule has 0 radical (unpaired) electrons. The predicted molar refractivity (Wildman–Crippen MR) is 131 cm³/mol. The van der Waals surface area contributed by atoms with Crippen LogP contribution in [-0.4, -0.2) is 59.4 Å². The molecule has 0 aromatic heterocycles. The Morgan fingerprint density at radius 3 is 2.65 bits per heavy atom. The van der Waals surface area contributed by atoms with Crippen molar-refractivity contribution >= 4 is 42.0 Å². The third-order valence-electron chi connectivity index (χ3n) is 5.35. The zero-order valence-electron chi connectivity index (χ0n) is 17.5. The van der Waals surface area contributed by atoms with E-state index in [0.717, 1.165) is 29.8 Å². The lowest BCUT2D eigenvalue weighted by molar-refractivity contribution is -0.139. The van der Waals surface area contributed by atoms with E-state index >= 15 is 0 Å². The van der Waals surface area contributed by atoms with Gasteiger partial charge in [-0.3, -0.25) is 4.79 Å². The maximum Gasteiger partial charge on any atom is 0.326 e. The molecule has 31 heavy (non-hydrogen) atoms. The van der Waals surface area contributed by atoms with E-state index in [0.29, 0.717) is 29.5 Å². The highest BCUT2D eigenvalue weighted by molar-refractivity contribution is 7.98. The highest BCUT2D eigenvalue weighted by Crippen LogP contribution is 2.26. The Balaban J connectivity index is 1.83. The molecule has 1 aliphatic heterocycles. The number of rotatable bonds is 10. The summed E-state index contributed by atoms with van der Waals surface area (Å²) >= 11 is 6.18. The Labute approximate surface area is 193 Å². The van der Waals surface area contributed by atoms with Crippen LogP contribution in [0.25, 0.3) is 11.1 Å². The van der Waals surface area contributed by atoms with E-state index in [1.165, 1.54) is 0 Å². The molecular formula is C23H29N3O3S2. The summed E-state index contributed by atoms with van der Waals surface area (Å²) in [6.07, 6.45) is 3.32. The summed E-state index contributed by atoms with van der Waals surface area (Å²) in [4.78, 5) is 24.5. The molecule has 0 aliphatic carbocycles. The van der Waals surface area contributed by atoms with Gasteiger partial charge in [0.2, 0.25) is 0 Å². The van der Waals surface area contributed by atoms with Crippen molar-refractivity contribution in [3.05, 3.63) is 54.1 Å². The number of carbonyl (C=O) groups is 2. The summed E-state index contributed by atoms with van der Waals surface area (Å²) < 4.78 is 0. The first-order valence-corrected chi connectivity index (χ1v) is 12.3. The minimum atomic E-state index is -1.02. The molecule has 1 amide bonds. The van der Waals surface area contributed by atoms with Gasteiger partial charge in [0.05, 0.1) is 0 Å². The number of hydrogen-bond acceptors (Lipinski definition) is 6. The first-order valence-electron chi connectivity index (χ1n) is 10.4. The number of hydrogen-bond donors (Lipinski definition) is 5. The van der Waals surface area contributed by atoms with Crippen LogP contribution in [0.1, 0.15) is 23.2 Å². The van der Waals surface area contributed by atoms with E-state index in [1.807, 2.05) is 42.7 Å². The highest BCUT2D eigenvalue weighted by atomic mass is 32.2. The van der Waals surface area contributed by atoms with Crippen LogP contribution >= 0.6 is 24.4 Å². The van der Waals surface area contributed by atoms with Crippen molar-refractivity contribution in [2.75, 3.05) is 30.4 Å². The van der Waals surface area contributed by atoms with Gasteiger partial charge >= 0.3 is 5.97 Å². The third-order valence-corrected chi connectivity index (χ3v) is 6.62. The van der Waals surface area contributed by atoms with Gasteiger partial charge in [0.25, 0.3) is 5.91 Å². The minimum Gasteiger partial charge on any atom is -0.480 e. The van der Waals surface area contributed by atoms with Gasteiger partial charge < -0.3 is 21.1 Å². The standard InChI is InChI=1S/C23H29N3O3S2/c1-31-10-8-19(23(28)29)26-22(27)17-11-16(15-5-3-2-4-6-15)12-18(13-17)25-14-20-21(30)7-9-24-20/h2-6,11-13,19-21,24-25,30H,7-10,14H2,1H3,(H,26,27)(H,28,29)/t19-,20-,21-/m0/s1. The molecule has 0 unspecified atom stereocenters. The van der Waals surface area contributed by atoms with Gasteiger partial charge in [-0.05, 0) is 60.7 Å². The van der Waals surface area contributed by atoms with Crippen LogP contribution in [0.3, 0.4) is 0 Å². The summed E-state index contributed by atoms with van der Waals surface area (Å²) in [5.74, 6) is -0.750. The van der Waals surface area contributed by atoms with Crippen LogP contribution in [0.2, 0.25) is 0 Å². The Morgan fingerprint density at radius 2 is 2.00 bits per heavy atom. The summed E-state index contributed by atoms with van der Waals surface area (Å²) in [6.45, 7) is 1.64. The zero-order chi connectivity index (χ0) is 22.2. The number of amides is 1. The van der Waals surface area contributed by atoms with Crippen LogP contribution in [0.5, 0.6) is 0 Å². The second kappa shape index (κ2) is 11.5. The number of carboxylic acids is 1. The van der Waals surface area contributed by atoms with Crippen LogP contribution in [0.4, 0.5) is 5.69 Å². The molecule has 166 valence electrons. The van der Waals surface area contributed by atoms with E-state index in [4.69, 9.17) is 0 Å². The monoisotopic (exact) mass is 459 g/mol. The fraction of sp³-hybridized carbons (Fsp3) is 0.391. The van der Waals surface area contributed by atoms with Crippen molar-refractivity contribution in [1.29, 1.82) is 0 Å². The van der Waals surface area contributed by atoms with Gasteiger partial charge in [0.1, 0.15) is 6.04 Å². The molecule has 0 bridgehead atoms. The van der Waals surface area contributed by atoms with Gasteiger partial charge in [-0.15, -0.1) is 0 Å². The summed E-state index contributed by atoms with van der Waals surface area (Å²) in [5.41, 5.74) is 3.13. The second-order valence-corrected chi connectivity index (χ2v) is 9.26. The minimum absolute atomic E-state index is 0.254. The lowest BCUT2D eigenvalue weighted by atomic mass is 10.0. The smallest absolute Gasteiger partial charge is 0.326 e. The average molecular weight is 460 g/mol. The summed E-state index contributed by atoms with van der Waals surface area (Å²) in [7, 11) is 0. The fourth-order valence-corrected chi connectivity index (χ4v) is 4.39. The number of nitrogens with one attached hydrogen (secondary N) is 3. The normalized spacial score (nSPS) is 19.0. The molecule has 2 aromatic rings. The SMILES string of the molecule is CSCC[C@H](NC(=O)c1cc(NC[C@@H]2NCC[C@@H]2S)cc(-c2ccccc2)c1)C(=O)O. The maximum atomic E-state index is 12.9. The Hall–Kier alpha value is -2.16. The first kappa shape index (κ1) is 23.5. The molecule has 8 heteroatoms. The summed E-state index contributed by atoms with van der Waals surface area (Å²) in [5, 5.41) is 19.3. The zero-order valence-corrected chi connectivity index (χ0v) is 19.2. The topological polar surface area (TPSA) is 90.5 Å². The molecule has 4 N–H and O–H groups in total. The van der Waals surface area contributed by atoms with Crippen molar-refractivity contribution in [3.63, 3.8) is 0 Å². The number of thioether (sulfide) groups is 1. The lowest BCUT2D eigenvalue weighted by Gasteiger charge is -2.19. The largest absolute Gasteiger partial charge is 0.480 e. The van der Waals surface area contributed by atoms with E-state index in [-0.39, 0.29) is 11.9 Å². The first-order chi connectivity index (χ1) is 15.0. The molecule has 1 fully saturated rings. The molecule has 1 heterocycles. The van der Waals surface area contributed by atoms with Crippen molar-refractivity contribution in [2.45, 2.75) is 30.2 Å². The number of carbonyl (C=O) groups excluding carboxylic acids is 1. The van der Waals surface area contributed by atoms with Gasteiger partial charge in [0, 0.05) is 29.1 Å². The summed E-state index contributed by atoms with van der Waals surface area (Å²) in [6, 6.07) is 14.8. The van der Waals surface area contributed by atoms with Crippen molar-refractivity contribution in [2.24, 2.45) is 0 Å². The maximum absolute atomic E-state index is 12.9. The third kappa shape index (κ3) is 6.66. The van der Waals surface area contributed by atoms with Gasteiger partial charge in [-0.1, -0.05) is 30.3 Å². The highest BCUT2D eigenvalue weighted by Gasteiger charge is 2.24. The molecule has 1 aliphatic rings. The number of thiol groups is 1. The number of carboxylic acid groups (broad SMARTS) is 1. The van der Waals surface area contributed by atoms with Crippen LogP contribution in [0, 0.1) is 0 Å². The van der Waals surface area contributed by atoms with Gasteiger partial charge in [0.15, 0.2) is 0 Å². The van der Waals surface area contributed by atoms with Crippen LogP contribution in [0.15, 0.2) is 48.5 Å². The quantitative estimate of drug-likeness (QED) is 0.350. The molecule has 1 saturated heterocycles. The number of aliphatic carboxylic acids is 1. The predicted octanol–water partition coefficient (Wildman–Crippen LogP) is 3.36. The average Bonchev–Trinajstić information content (AvgIpc) is 3.19. The molecule has 0 saturated carbocycles. The Kier molecular flexibility index (Phi) is 8.69. The fourth-order valence-electron chi connectivity index (χ4n) is 3.58. The molecule has 0 spiro atoms. The van der Waals surface area contributed by atoms with E-state index in [9.17, 15) is 14.7 Å². The Bertz CT molecular complexity index is 895. The lowest BCUT2D eigenvalue weighted by Crippen LogP contribution is -2.41. The van der Waals surface area contributed by atoms with Gasteiger partial charge in [-0.25, -0.2) is 4.79 Å². The molecular weight excluding hydrogens is 430 g/mol. The number of anilines is 1. The van der Waals surface area contributed by atoms with E-state index in [2.05, 4.69) is 28.6 Å². The van der Waals surface area contributed by atoms with Crippen LogP contribution in [-0.2, 0) is 4.79 Å². The molecule has 2 aromatic carbocycles.